The second kappa shape index (κ2) is 8.72. The van der Waals surface area contributed by atoms with Crippen molar-refractivity contribution in [1.82, 2.24) is 10.2 Å². The zero-order chi connectivity index (χ0) is 21.1. The fraction of sp³-hybridized carbons (Fsp3) is 0.542. The van der Waals surface area contributed by atoms with Gasteiger partial charge in [0, 0.05) is 19.0 Å². The minimum atomic E-state index is -0.379. The van der Waals surface area contributed by atoms with Crippen molar-refractivity contribution in [3.8, 4) is 11.3 Å². The fourth-order valence-corrected chi connectivity index (χ4v) is 5.44. The SMILES string of the molecule is COC(=O)[N@+]1(C(=O)CC2CCC(c3ccc(-c4ccn[nH]4)cc3)CC2)CCC[C@H]1C. The first-order valence-electron chi connectivity index (χ1n) is 11.1. The number of aromatic nitrogens is 2. The van der Waals surface area contributed by atoms with Crippen LogP contribution < -0.4 is 0 Å². The molecule has 30 heavy (non-hydrogen) atoms. The highest BCUT2D eigenvalue weighted by atomic mass is 16.5. The smallest absolute Gasteiger partial charge is 0.423 e. The van der Waals surface area contributed by atoms with Crippen LogP contribution in [0.5, 0.6) is 0 Å². The molecule has 2 fully saturated rings. The quantitative estimate of drug-likeness (QED) is 0.718. The molecule has 0 spiro atoms. The Kier molecular flexibility index (Phi) is 6.04. The summed E-state index contributed by atoms with van der Waals surface area (Å²) in [5, 5.41) is 7.02. The molecular formula is C24H32N3O3+. The average molecular weight is 411 g/mol. The summed E-state index contributed by atoms with van der Waals surface area (Å²) in [5.41, 5.74) is 3.55. The van der Waals surface area contributed by atoms with Crippen LogP contribution in [0.3, 0.4) is 0 Å². The molecule has 2 heterocycles. The third-order valence-electron chi connectivity index (χ3n) is 7.33. The van der Waals surface area contributed by atoms with E-state index in [1.54, 1.807) is 6.20 Å². The Morgan fingerprint density at radius 2 is 1.83 bits per heavy atom. The van der Waals surface area contributed by atoms with E-state index in [1.165, 1.54) is 12.7 Å². The number of ether oxygens (including phenoxy) is 1. The molecule has 1 saturated heterocycles. The molecule has 6 nitrogen and oxygen atoms in total. The van der Waals surface area contributed by atoms with E-state index in [1.807, 2.05) is 13.0 Å². The minimum absolute atomic E-state index is 0.0228. The van der Waals surface area contributed by atoms with Gasteiger partial charge < -0.3 is 4.74 Å². The molecule has 1 aromatic heterocycles. The molecule has 2 atom stereocenters. The van der Waals surface area contributed by atoms with Gasteiger partial charge in [-0.05, 0) is 61.6 Å². The summed E-state index contributed by atoms with van der Waals surface area (Å²) in [6.45, 7) is 2.59. The fourth-order valence-electron chi connectivity index (χ4n) is 5.44. The lowest BCUT2D eigenvalue weighted by Gasteiger charge is -2.34. The Morgan fingerprint density at radius 3 is 2.40 bits per heavy atom. The first-order chi connectivity index (χ1) is 14.5. The van der Waals surface area contributed by atoms with Crippen molar-refractivity contribution < 1.29 is 18.8 Å². The van der Waals surface area contributed by atoms with Gasteiger partial charge in [-0.15, -0.1) is 0 Å². The summed E-state index contributed by atoms with van der Waals surface area (Å²) >= 11 is 0. The van der Waals surface area contributed by atoms with Crippen LogP contribution in [0.1, 0.15) is 63.4 Å². The van der Waals surface area contributed by atoms with Gasteiger partial charge in [-0.25, -0.2) is 4.79 Å². The molecule has 1 aliphatic carbocycles. The van der Waals surface area contributed by atoms with Crippen LogP contribution >= 0.6 is 0 Å². The molecule has 1 aromatic carbocycles. The average Bonchev–Trinajstić information content (AvgIpc) is 3.44. The van der Waals surface area contributed by atoms with E-state index in [4.69, 9.17) is 4.74 Å². The van der Waals surface area contributed by atoms with Crippen molar-refractivity contribution >= 4 is 12.0 Å². The van der Waals surface area contributed by atoms with Gasteiger partial charge >= 0.3 is 12.0 Å². The minimum Gasteiger partial charge on any atom is -0.423 e. The summed E-state index contributed by atoms with van der Waals surface area (Å²) in [6, 6.07) is 10.7. The number of aromatic amines is 1. The summed E-state index contributed by atoms with van der Waals surface area (Å²) < 4.78 is 4.93. The molecule has 1 saturated carbocycles. The predicted octanol–water partition coefficient (Wildman–Crippen LogP) is 5.03. The third kappa shape index (κ3) is 3.81. The van der Waals surface area contributed by atoms with Gasteiger partial charge in [0.05, 0.1) is 25.8 Å². The van der Waals surface area contributed by atoms with Gasteiger partial charge in [0.25, 0.3) is 0 Å². The first-order valence-corrected chi connectivity index (χ1v) is 11.1. The summed E-state index contributed by atoms with van der Waals surface area (Å²) in [5.74, 6) is 0.964. The van der Waals surface area contributed by atoms with Crippen molar-refractivity contribution in [2.45, 2.75) is 63.8 Å². The zero-order valence-corrected chi connectivity index (χ0v) is 18.0. The molecule has 6 heteroatoms. The molecule has 160 valence electrons. The lowest BCUT2D eigenvalue weighted by Crippen LogP contribution is -2.59. The van der Waals surface area contributed by atoms with Gasteiger partial charge in [-0.3, -0.25) is 5.10 Å². The molecule has 4 rings (SSSR count). The predicted molar refractivity (Wildman–Crippen MR) is 115 cm³/mol. The Balaban J connectivity index is 1.35. The van der Waals surface area contributed by atoms with Crippen molar-refractivity contribution in [2.24, 2.45) is 5.92 Å². The van der Waals surface area contributed by atoms with Crippen LogP contribution in [0, 0.1) is 5.92 Å². The molecule has 0 unspecified atom stereocenters. The van der Waals surface area contributed by atoms with E-state index in [-0.39, 0.29) is 22.5 Å². The van der Waals surface area contributed by atoms with Crippen molar-refractivity contribution in [2.75, 3.05) is 13.7 Å². The number of hydrogen-bond donors (Lipinski definition) is 1. The number of quaternary nitrogens is 1. The van der Waals surface area contributed by atoms with Crippen LogP contribution in [0.4, 0.5) is 4.79 Å². The van der Waals surface area contributed by atoms with Crippen molar-refractivity contribution in [3.63, 3.8) is 0 Å². The maximum absolute atomic E-state index is 13.2. The standard InChI is InChI=1S/C24H32N3O3/c1-17-4-3-15-27(17,24(29)30-2)23(28)16-18-5-7-19(8-6-18)20-9-11-21(12-10-20)22-13-14-25-26-22/h9-14,17-19H,3-8,15-16H2,1-2H3,(H,25,26)/q+1/t17-,18?,19?,27-/m1/s1. The number of nitrogens with one attached hydrogen (secondary N) is 1. The third-order valence-corrected chi connectivity index (χ3v) is 7.33. The molecule has 1 N–H and O–H groups in total. The van der Waals surface area contributed by atoms with Crippen LogP contribution in [-0.4, -0.2) is 46.4 Å². The van der Waals surface area contributed by atoms with E-state index >= 15 is 0 Å². The largest absolute Gasteiger partial charge is 0.523 e. The monoisotopic (exact) mass is 410 g/mol. The molecule has 0 radical (unpaired) electrons. The second-order valence-corrected chi connectivity index (χ2v) is 8.96. The van der Waals surface area contributed by atoms with E-state index in [0.29, 0.717) is 24.8 Å². The molecule has 2 aromatic rings. The van der Waals surface area contributed by atoms with Crippen molar-refractivity contribution in [1.29, 1.82) is 0 Å². The van der Waals surface area contributed by atoms with Gasteiger partial charge in [0.1, 0.15) is 6.04 Å². The normalized spacial score (nSPS) is 28.9. The number of methoxy groups -OCH3 is 1. The lowest BCUT2D eigenvalue weighted by molar-refractivity contribution is -0.793. The Bertz CT molecular complexity index is 870. The molecule has 2 amide bonds. The first kappa shape index (κ1) is 20.8. The Hall–Kier alpha value is -2.47. The number of hydrogen-bond acceptors (Lipinski definition) is 4. The number of benzene rings is 1. The van der Waals surface area contributed by atoms with Crippen LogP contribution in [0.25, 0.3) is 11.3 Å². The molecule has 1 aliphatic heterocycles. The van der Waals surface area contributed by atoms with Gasteiger partial charge in [-0.1, -0.05) is 24.3 Å². The number of likely N-dealkylation sites (tertiary alicyclic amines) is 1. The van der Waals surface area contributed by atoms with Gasteiger partial charge in [0.15, 0.2) is 0 Å². The summed E-state index contributed by atoms with van der Waals surface area (Å²) in [4.78, 5) is 25.7. The van der Waals surface area contributed by atoms with Gasteiger partial charge in [0.2, 0.25) is 0 Å². The second-order valence-electron chi connectivity index (χ2n) is 8.96. The highest BCUT2D eigenvalue weighted by Crippen LogP contribution is 2.39. The van der Waals surface area contributed by atoms with E-state index in [2.05, 4.69) is 34.5 Å². The highest BCUT2D eigenvalue weighted by Gasteiger charge is 2.53. The zero-order valence-electron chi connectivity index (χ0n) is 18.0. The Labute approximate surface area is 178 Å². The van der Waals surface area contributed by atoms with E-state index < -0.39 is 0 Å². The Morgan fingerprint density at radius 1 is 1.10 bits per heavy atom. The van der Waals surface area contributed by atoms with E-state index in [9.17, 15) is 9.59 Å². The number of imide groups is 1. The maximum atomic E-state index is 13.2. The van der Waals surface area contributed by atoms with E-state index in [0.717, 1.165) is 49.8 Å². The summed E-state index contributed by atoms with van der Waals surface area (Å²) in [7, 11) is 1.39. The summed E-state index contributed by atoms with van der Waals surface area (Å²) in [6.07, 6.45) is 7.95. The number of amides is 2. The maximum Gasteiger partial charge on any atom is 0.523 e. The molecule has 2 aliphatic rings. The molecular weight excluding hydrogens is 378 g/mol. The van der Waals surface area contributed by atoms with Gasteiger partial charge in [-0.2, -0.15) is 14.4 Å². The number of H-pyrrole nitrogens is 1. The van der Waals surface area contributed by atoms with Crippen LogP contribution in [0.2, 0.25) is 0 Å². The topological polar surface area (TPSA) is 72.1 Å². The highest BCUT2D eigenvalue weighted by molar-refractivity contribution is 5.81. The molecule has 0 bridgehead atoms. The number of carbonyl (C=O) groups excluding carboxylic acids is 2. The van der Waals surface area contributed by atoms with Crippen molar-refractivity contribution in [3.05, 3.63) is 42.1 Å². The number of carbonyl (C=O) groups is 2. The van der Waals surface area contributed by atoms with Crippen LogP contribution in [0.15, 0.2) is 36.5 Å². The lowest BCUT2D eigenvalue weighted by atomic mass is 9.77. The number of rotatable bonds is 4. The number of nitrogens with zero attached hydrogens (tertiary/aromatic N) is 2. The van der Waals surface area contributed by atoms with Crippen LogP contribution in [-0.2, 0) is 9.53 Å².